The van der Waals surface area contributed by atoms with E-state index in [0.717, 1.165) is 16.9 Å². The molecule has 0 aliphatic rings. The molecule has 0 spiro atoms. The summed E-state index contributed by atoms with van der Waals surface area (Å²) >= 11 is 1.03. The van der Waals surface area contributed by atoms with Gasteiger partial charge in [-0.15, -0.1) is 10.2 Å². The van der Waals surface area contributed by atoms with Gasteiger partial charge in [0, 0.05) is 0 Å². The lowest BCUT2D eigenvalue weighted by Gasteiger charge is -2.13. The molecule has 1 aromatic heterocycles. The van der Waals surface area contributed by atoms with Crippen molar-refractivity contribution in [2.24, 2.45) is 0 Å². The van der Waals surface area contributed by atoms with Crippen molar-refractivity contribution in [2.45, 2.75) is 23.1 Å². The number of nitrogens with zero attached hydrogens (tertiary/aromatic N) is 2. The topological polar surface area (TPSA) is 81.2 Å². The molecule has 0 fully saturated rings. The van der Waals surface area contributed by atoms with Crippen molar-refractivity contribution in [1.29, 1.82) is 0 Å². The lowest BCUT2D eigenvalue weighted by atomic mass is 10.2. The van der Waals surface area contributed by atoms with E-state index in [0.29, 0.717) is 10.1 Å². The standard InChI is InChI=1S/C18H16FN3O3S2/c1-12(25-15-10-6-5-9-14(15)19)16(23)20-17-21-22-18(26-17)27(24)11-13-7-3-2-4-8-13/h2-10,12H,11H2,1H3,(H,20,21,23)/t12-,27+/m0/s1. The smallest absolute Gasteiger partial charge is 0.266 e. The van der Waals surface area contributed by atoms with Crippen LogP contribution in [0, 0.1) is 5.82 Å². The van der Waals surface area contributed by atoms with Gasteiger partial charge in [-0.2, -0.15) is 0 Å². The van der Waals surface area contributed by atoms with E-state index in [1.807, 2.05) is 30.3 Å². The summed E-state index contributed by atoms with van der Waals surface area (Å²) in [6.07, 6.45) is -0.941. The number of hydrogen-bond acceptors (Lipinski definition) is 6. The minimum Gasteiger partial charge on any atom is -0.478 e. The molecule has 0 saturated heterocycles. The van der Waals surface area contributed by atoms with Gasteiger partial charge in [0.15, 0.2) is 17.7 Å². The summed E-state index contributed by atoms with van der Waals surface area (Å²) in [6.45, 7) is 1.50. The number of carbonyl (C=O) groups excluding carboxylic acids is 1. The van der Waals surface area contributed by atoms with Crippen LogP contribution in [0.2, 0.25) is 0 Å². The Labute approximate surface area is 161 Å². The van der Waals surface area contributed by atoms with Gasteiger partial charge < -0.3 is 4.74 Å². The summed E-state index contributed by atoms with van der Waals surface area (Å²) in [5.74, 6) is -0.750. The molecule has 1 N–H and O–H groups in total. The summed E-state index contributed by atoms with van der Waals surface area (Å²) in [6, 6.07) is 15.2. The molecule has 9 heteroatoms. The van der Waals surface area contributed by atoms with Gasteiger partial charge in [0.25, 0.3) is 5.91 Å². The zero-order chi connectivity index (χ0) is 19.2. The first-order chi connectivity index (χ1) is 13.0. The minimum absolute atomic E-state index is 0.0120. The molecule has 3 aromatic rings. The van der Waals surface area contributed by atoms with Gasteiger partial charge in [-0.05, 0) is 24.6 Å². The number of hydrogen-bond donors (Lipinski definition) is 1. The average Bonchev–Trinajstić information content (AvgIpc) is 3.13. The molecule has 1 amide bonds. The Hall–Kier alpha value is -2.65. The Balaban J connectivity index is 1.59. The molecule has 2 aromatic carbocycles. The average molecular weight is 405 g/mol. The van der Waals surface area contributed by atoms with Crippen LogP contribution in [0.1, 0.15) is 12.5 Å². The lowest BCUT2D eigenvalue weighted by Crippen LogP contribution is -2.30. The van der Waals surface area contributed by atoms with Crippen molar-refractivity contribution in [3.8, 4) is 5.75 Å². The van der Waals surface area contributed by atoms with Crippen LogP contribution in [0.25, 0.3) is 0 Å². The highest BCUT2D eigenvalue weighted by molar-refractivity contribution is 7.86. The number of halogens is 1. The highest BCUT2D eigenvalue weighted by Gasteiger charge is 2.19. The van der Waals surface area contributed by atoms with E-state index in [4.69, 9.17) is 4.74 Å². The molecule has 6 nitrogen and oxygen atoms in total. The Bertz CT molecular complexity index is 950. The predicted molar refractivity (Wildman–Crippen MR) is 102 cm³/mol. The minimum atomic E-state index is -1.36. The zero-order valence-corrected chi connectivity index (χ0v) is 15.9. The van der Waals surface area contributed by atoms with Crippen molar-refractivity contribution in [1.82, 2.24) is 10.2 Å². The van der Waals surface area contributed by atoms with Crippen molar-refractivity contribution < 1.29 is 18.1 Å². The molecule has 27 heavy (non-hydrogen) atoms. The van der Waals surface area contributed by atoms with Crippen LogP contribution in [0.4, 0.5) is 9.52 Å². The molecule has 1 heterocycles. The molecule has 2 atom stereocenters. The number of benzene rings is 2. The Morgan fingerprint density at radius 2 is 1.89 bits per heavy atom. The summed E-state index contributed by atoms with van der Waals surface area (Å²) in [5.41, 5.74) is 0.920. The van der Waals surface area contributed by atoms with Crippen molar-refractivity contribution >= 4 is 33.2 Å². The highest BCUT2D eigenvalue weighted by Crippen LogP contribution is 2.22. The molecule has 0 saturated carbocycles. The number of anilines is 1. The van der Waals surface area contributed by atoms with Gasteiger partial charge in [0.1, 0.15) is 0 Å². The fourth-order valence-corrected chi connectivity index (χ4v) is 4.15. The van der Waals surface area contributed by atoms with Gasteiger partial charge in [0.2, 0.25) is 9.47 Å². The number of amides is 1. The van der Waals surface area contributed by atoms with Crippen molar-refractivity contribution in [3.05, 3.63) is 66.0 Å². The summed E-state index contributed by atoms with van der Waals surface area (Å²) in [4.78, 5) is 12.2. The van der Waals surface area contributed by atoms with E-state index >= 15 is 0 Å². The maximum Gasteiger partial charge on any atom is 0.266 e. The van der Waals surface area contributed by atoms with Crippen molar-refractivity contribution in [2.75, 3.05) is 5.32 Å². The van der Waals surface area contributed by atoms with E-state index in [9.17, 15) is 13.4 Å². The van der Waals surface area contributed by atoms with Crippen LogP contribution in [-0.4, -0.2) is 26.4 Å². The van der Waals surface area contributed by atoms with Crippen LogP contribution in [-0.2, 0) is 21.3 Å². The lowest BCUT2D eigenvalue weighted by molar-refractivity contribution is -0.122. The Kier molecular flexibility index (Phi) is 6.25. The van der Waals surface area contributed by atoms with E-state index in [1.165, 1.54) is 25.1 Å². The molecule has 0 unspecified atom stereocenters. The number of carbonyl (C=O) groups is 1. The van der Waals surface area contributed by atoms with Gasteiger partial charge in [0.05, 0.1) is 16.6 Å². The molecule has 0 bridgehead atoms. The molecule has 3 rings (SSSR count). The van der Waals surface area contributed by atoms with Gasteiger partial charge >= 0.3 is 0 Å². The Morgan fingerprint density at radius 1 is 1.19 bits per heavy atom. The normalized spacial score (nSPS) is 13.0. The number of nitrogens with one attached hydrogen (secondary N) is 1. The van der Waals surface area contributed by atoms with E-state index < -0.39 is 28.6 Å². The largest absolute Gasteiger partial charge is 0.478 e. The van der Waals surface area contributed by atoms with Crippen LogP contribution in [0.3, 0.4) is 0 Å². The molecular weight excluding hydrogens is 389 g/mol. The molecule has 140 valence electrons. The first-order valence-electron chi connectivity index (χ1n) is 8.01. The van der Waals surface area contributed by atoms with Crippen LogP contribution in [0.5, 0.6) is 5.75 Å². The van der Waals surface area contributed by atoms with Gasteiger partial charge in [-0.1, -0.05) is 53.8 Å². The number of rotatable bonds is 7. The third kappa shape index (κ3) is 5.18. The number of para-hydroxylation sites is 1. The second-order valence-corrected chi connectivity index (χ2v) is 8.13. The zero-order valence-electron chi connectivity index (χ0n) is 14.3. The first kappa shape index (κ1) is 19.1. The fraction of sp³-hybridized carbons (Fsp3) is 0.167. The summed E-state index contributed by atoms with van der Waals surface area (Å²) in [7, 11) is -1.36. The third-order valence-electron chi connectivity index (χ3n) is 3.48. The third-order valence-corrected chi connectivity index (χ3v) is 5.99. The molecule has 0 aliphatic heterocycles. The van der Waals surface area contributed by atoms with Gasteiger partial charge in [-0.3, -0.25) is 14.3 Å². The SMILES string of the molecule is C[C@H](Oc1ccccc1F)C(=O)Nc1nnc([S@](=O)Cc2ccccc2)s1. The Morgan fingerprint density at radius 3 is 2.63 bits per heavy atom. The van der Waals surface area contributed by atoms with Crippen LogP contribution in [0.15, 0.2) is 58.9 Å². The monoisotopic (exact) mass is 405 g/mol. The number of ether oxygens (including phenoxy) is 1. The van der Waals surface area contributed by atoms with E-state index in [-0.39, 0.29) is 10.9 Å². The highest BCUT2D eigenvalue weighted by atomic mass is 32.2. The maximum atomic E-state index is 13.6. The van der Waals surface area contributed by atoms with Crippen molar-refractivity contribution in [3.63, 3.8) is 0 Å². The predicted octanol–water partition coefficient (Wildman–Crippen LogP) is 3.39. The van der Waals surface area contributed by atoms with Gasteiger partial charge in [-0.25, -0.2) is 4.39 Å². The fourth-order valence-electron chi connectivity index (χ4n) is 2.13. The summed E-state index contributed by atoms with van der Waals surface area (Å²) in [5, 5.41) is 10.5. The number of aromatic nitrogens is 2. The second kappa shape index (κ2) is 8.83. The summed E-state index contributed by atoms with van der Waals surface area (Å²) < 4.78 is 31.6. The first-order valence-corrected chi connectivity index (χ1v) is 10.1. The quantitative estimate of drug-likeness (QED) is 0.610. The molecule has 0 aliphatic carbocycles. The van der Waals surface area contributed by atoms with E-state index in [1.54, 1.807) is 6.07 Å². The second-order valence-electron chi connectivity index (χ2n) is 5.53. The molecular formula is C18H16FN3O3S2. The van der Waals surface area contributed by atoms with Crippen LogP contribution >= 0.6 is 11.3 Å². The maximum absolute atomic E-state index is 13.6. The van der Waals surface area contributed by atoms with E-state index in [2.05, 4.69) is 15.5 Å². The molecule has 0 radical (unpaired) electrons. The van der Waals surface area contributed by atoms with Crippen LogP contribution < -0.4 is 10.1 Å².